The molecule has 114 valence electrons. The van der Waals surface area contributed by atoms with Crippen molar-refractivity contribution < 1.29 is 4.74 Å². The Morgan fingerprint density at radius 2 is 1.95 bits per heavy atom. The molecule has 4 heteroatoms. The van der Waals surface area contributed by atoms with Gasteiger partial charge in [0.25, 0.3) is 0 Å². The van der Waals surface area contributed by atoms with Crippen LogP contribution in [0.15, 0.2) is 47.6 Å². The van der Waals surface area contributed by atoms with Crippen molar-refractivity contribution in [1.82, 2.24) is 9.55 Å². The monoisotopic (exact) mass is 312 g/mol. The summed E-state index contributed by atoms with van der Waals surface area (Å²) in [7, 11) is 2.06. The lowest BCUT2D eigenvalue weighted by atomic mass is 10.1. The average molecular weight is 312 g/mol. The van der Waals surface area contributed by atoms with E-state index in [0.717, 1.165) is 22.2 Å². The second kappa shape index (κ2) is 6.44. The van der Waals surface area contributed by atoms with Crippen molar-refractivity contribution in [2.24, 2.45) is 7.05 Å². The number of imidazole rings is 1. The van der Waals surface area contributed by atoms with Crippen molar-refractivity contribution in [1.29, 1.82) is 0 Å². The SMILES string of the molecule is Cc1ccc(OCCSc2nc3ccccc3n2C)c(C)c1. The fourth-order valence-electron chi connectivity index (χ4n) is 2.50. The largest absolute Gasteiger partial charge is 0.492 e. The van der Waals surface area contributed by atoms with Crippen molar-refractivity contribution in [2.75, 3.05) is 12.4 Å². The molecule has 0 spiro atoms. The number of para-hydroxylation sites is 2. The Morgan fingerprint density at radius 1 is 1.14 bits per heavy atom. The molecule has 0 atom stereocenters. The minimum absolute atomic E-state index is 0.678. The van der Waals surface area contributed by atoms with Crippen molar-refractivity contribution in [3.05, 3.63) is 53.6 Å². The van der Waals surface area contributed by atoms with Gasteiger partial charge in [-0.1, -0.05) is 41.6 Å². The Balaban J connectivity index is 1.59. The zero-order valence-corrected chi connectivity index (χ0v) is 14.0. The maximum atomic E-state index is 5.87. The summed E-state index contributed by atoms with van der Waals surface area (Å²) in [5.74, 6) is 1.85. The molecule has 0 aliphatic rings. The molecule has 0 aliphatic heterocycles. The van der Waals surface area contributed by atoms with Gasteiger partial charge in [0.2, 0.25) is 0 Å². The van der Waals surface area contributed by atoms with Crippen LogP contribution in [0.2, 0.25) is 0 Å². The Morgan fingerprint density at radius 3 is 2.73 bits per heavy atom. The van der Waals surface area contributed by atoms with Gasteiger partial charge in [-0.2, -0.15) is 0 Å². The summed E-state index contributed by atoms with van der Waals surface area (Å²) in [4.78, 5) is 4.66. The summed E-state index contributed by atoms with van der Waals surface area (Å²) in [6.07, 6.45) is 0. The third-order valence-corrected chi connectivity index (χ3v) is 4.64. The minimum atomic E-state index is 0.678. The molecule has 1 aromatic heterocycles. The number of aromatic nitrogens is 2. The predicted molar refractivity (Wildman–Crippen MR) is 92.8 cm³/mol. The van der Waals surface area contributed by atoms with Crippen molar-refractivity contribution >= 4 is 22.8 Å². The van der Waals surface area contributed by atoms with Gasteiger partial charge in [0.05, 0.1) is 17.6 Å². The Hall–Kier alpha value is -1.94. The van der Waals surface area contributed by atoms with Crippen molar-refractivity contribution in [2.45, 2.75) is 19.0 Å². The number of hydrogen-bond acceptors (Lipinski definition) is 3. The topological polar surface area (TPSA) is 27.1 Å². The first-order valence-electron chi connectivity index (χ1n) is 7.39. The first-order valence-corrected chi connectivity index (χ1v) is 8.38. The number of rotatable bonds is 5. The summed E-state index contributed by atoms with van der Waals surface area (Å²) in [6.45, 7) is 4.86. The van der Waals surface area contributed by atoms with Crippen LogP contribution < -0.4 is 4.74 Å². The predicted octanol–water partition coefficient (Wildman–Crippen LogP) is 4.36. The molecule has 0 bridgehead atoms. The van der Waals surface area contributed by atoms with E-state index in [4.69, 9.17) is 4.74 Å². The Bertz CT molecular complexity index is 795. The second-order valence-electron chi connectivity index (χ2n) is 5.41. The van der Waals surface area contributed by atoms with Crippen LogP contribution in [0.4, 0.5) is 0 Å². The standard InChI is InChI=1S/C18H20N2OS/c1-13-8-9-17(14(2)12-13)21-10-11-22-18-19-15-6-4-5-7-16(15)20(18)3/h4-9,12H,10-11H2,1-3H3. The molecule has 3 rings (SSSR count). The highest BCUT2D eigenvalue weighted by atomic mass is 32.2. The van der Waals surface area contributed by atoms with Gasteiger partial charge in [-0.25, -0.2) is 4.98 Å². The molecule has 0 N–H and O–H groups in total. The highest BCUT2D eigenvalue weighted by Crippen LogP contribution is 2.23. The fraction of sp³-hybridized carbons (Fsp3) is 0.278. The van der Waals surface area contributed by atoms with Crippen LogP contribution in [0.25, 0.3) is 11.0 Å². The molecule has 2 aromatic carbocycles. The van der Waals surface area contributed by atoms with Crippen LogP contribution >= 0.6 is 11.8 Å². The molecule has 0 unspecified atom stereocenters. The smallest absolute Gasteiger partial charge is 0.168 e. The van der Waals surface area contributed by atoms with Gasteiger partial charge in [-0.05, 0) is 37.6 Å². The number of nitrogens with zero attached hydrogens (tertiary/aromatic N) is 2. The van der Waals surface area contributed by atoms with E-state index in [1.54, 1.807) is 11.8 Å². The van der Waals surface area contributed by atoms with E-state index >= 15 is 0 Å². The minimum Gasteiger partial charge on any atom is -0.492 e. The third kappa shape index (κ3) is 3.12. The molecule has 22 heavy (non-hydrogen) atoms. The molecule has 0 amide bonds. The van der Waals surface area contributed by atoms with Gasteiger partial charge in [0.1, 0.15) is 5.75 Å². The van der Waals surface area contributed by atoms with Gasteiger partial charge >= 0.3 is 0 Å². The summed E-state index contributed by atoms with van der Waals surface area (Å²) < 4.78 is 8.01. The van der Waals surface area contributed by atoms with E-state index in [2.05, 4.69) is 48.6 Å². The molecule has 3 nitrogen and oxygen atoms in total. The van der Waals surface area contributed by atoms with E-state index in [0.29, 0.717) is 6.61 Å². The Kier molecular flexibility index (Phi) is 4.39. The Labute approximate surface area is 135 Å². The number of hydrogen-bond donors (Lipinski definition) is 0. The average Bonchev–Trinajstić information content (AvgIpc) is 2.82. The van der Waals surface area contributed by atoms with Gasteiger partial charge < -0.3 is 9.30 Å². The van der Waals surface area contributed by atoms with Crippen molar-refractivity contribution in [3.63, 3.8) is 0 Å². The summed E-state index contributed by atoms with van der Waals surface area (Å²) in [5, 5.41) is 1.03. The zero-order valence-electron chi connectivity index (χ0n) is 13.2. The fourth-order valence-corrected chi connectivity index (χ4v) is 3.30. The van der Waals surface area contributed by atoms with E-state index in [1.807, 2.05) is 24.3 Å². The van der Waals surface area contributed by atoms with Gasteiger partial charge in [0, 0.05) is 12.8 Å². The van der Waals surface area contributed by atoms with Gasteiger partial charge in [-0.15, -0.1) is 0 Å². The van der Waals surface area contributed by atoms with Crippen LogP contribution in [0, 0.1) is 13.8 Å². The highest BCUT2D eigenvalue weighted by Gasteiger charge is 2.07. The van der Waals surface area contributed by atoms with Crippen LogP contribution in [0.1, 0.15) is 11.1 Å². The molecule has 3 aromatic rings. The number of benzene rings is 2. The molecular formula is C18H20N2OS. The first-order chi connectivity index (χ1) is 10.6. The molecule has 0 radical (unpaired) electrons. The zero-order chi connectivity index (χ0) is 15.5. The molecule has 0 aliphatic carbocycles. The lowest BCUT2D eigenvalue weighted by molar-refractivity contribution is 0.341. The summed E-state index contributed by atoms with van der Waals surface area (Å²) in [5.41, 5.74) is 4.66. The molecule has 1 heterocycles. The second-order valence-corrected chi connectivity index (χ2v) is 6.47. The lowest BCUT2D eigenvalue weighted by Crippen LogP contribution is -2.02. The quantitative estimate of drug-likeness (QED) is 0.517. The number of fused-ring (bicyclic) bond motifs is 1. The maximum absolute atomic E-state index is 5.87. The third-order valence-electron chi connectivity index (χ3n) is 3.65. The summed E-state index contributed by atoms with van der Waals surface area (Å²) in [6, 6.07) is 14.5. The van der Waals surface area contributed by atoms with E-state index in [9.17, 15) is 0 Å². The van der Waals surface area contributed by atoms with Crippen LogP contribution in [0.5, 0.6) is 5.75 Å². The van der Waals surface area contributed by atoms with Crippen molar-refractivity contribution in [3.8, 4) is 5.75 Å². The number of aryl methyl sites for hydroxylation is 3. The first kappa shape index (κ1) is 15.0. The highest BCUT2D eigenvalue weighted by molar-refractivity contribution is 7.99. The van der Waals surface area contributed by atoms with Crippen LogP contribution in [0.3, 0.4) is 0 Å². The summed E-state index contributed by atoms with van der Waals surface area (Å²) >= 11 is 1.73. The molecule has 0 saturated heterocycles. The maximum Gasteiger partial charge on any atom is 0.168 e. The van der Waals surface area contributed by atoms with E-state index < -0.39 is 0 Å². The van der Waals surface area contributed by atoms with Crippen LogP contribution in [-0.4, -0.2) is 21.9 Å². The normalized spacial score (nSPS) is 11.0. The molecule has 0 fully saturated rings. The van der Waals surface area contributed by atoms with Crippen LogP contribution in [-0.2, 0) is 7.05 Å². The lowest BCUT2D eigenvalue weighted by Gasteiger charge is -2.09. The van der Waals surface area contributed by atoms with E-state index in [-0.39, 0.29) is 0 Å². The molecule has 0 saturated carbocycles. The molecular weight excluding hydrogens is 292 g/mol. The van der Waals surface area contributed by atoms with Gasteiger partial charge in [-0.3, -0.25) is 0 Å². The number of thioether (sulfide) groups is 1. The van der Waals surface area contributed by atoms with E-state index in [1.165, 1.54) is 16.6 Å². The number of ether oxygens (including phenoxy) is 1. The van der Waals surface area contributed by atoms with Gasteiger partial charge in [0.15, 0.2) is 5.16 Å².